The van der Waals surface area contributed by atoms with Crippen LogP contribution in [0.5, 0.6) is 0 Å². The summed E-state index contributed by atoms with van der Waals surface area (Å²) in [5, 5.41) is 0. The molecule has 0 aliphatic rings. The van der Waals surface area contributed by atoms with E-state index in [0.717, 1.165) is 36.0 Å². The van der Waals surface area contributed by atoms with Crippen LogP contribution in [0.1, 0.15) is 32.3 Å². The molecule has 0 amide bonds. The second kappa shape index (κ2) is 8.13. The number of hydrogen-bond acceptors (Lipinski definition) is 1. The molecule has 0 atom stereocenters. The highest BCUT2D eigenvalue weighted by molar-refractivity contribution is 9.10. The first-order chi connectivity index (χ1) is 8.62. The van der Waals surface area contributed by atoms with Crippen molar-refractivity contribution in [3.05, 3.63) is 34.1 Å². The van der Waals surface area contributed by atoms with Gasteiger partial charge in [-0.25, -0.2) is 4.39 Å². The third kappa shape index (κ3) is 4.52. The van der Waals surface area contributed by atoms with Crippen LogP contribution in [0.25, 0.3) is 0 Å². The van der Waals surface area contributed by atoms with Crippen LogP contribution in [0.15, 0.2) is 22.7 Å². The monoisotopic (exact) mass is 335 g/mol. The van der Waals surface area contributed by atoms with E-state index in [4.69, 9.17) is 11.6 Å². The van der Waals surface area contributed by atoms with E-state index in [1.807, 2.05) is 6.07 Å². The van der Waals surface area contributed by atoms with Gasteiger partial charge in [-0.3, -0.25) is 4.90 Å². The Kier molecular flexibility index (Phi) is 7.20. The van der Waals surface area contributed by atoms with Gasteiger partial charge < -0.3 is 0 Å². The maximum atomic E-state index is 13.1. The molecule has 1 nitrogen and oxygen atoms in total. The highest BCUT2D eigenvalue weighted by atomic mass is 79.9. The maximum Gasteiger partial charge on any atom is 0.124 e. The second-order valence-corrected chi connectivity index (χ2v) is 5.60. The minimum absolute atomic E-state index is 0.211. The zero-order valence-electron chi connectivity index (χ0n) is 10.9. The molecule has 0 N–H and O–H groups in total. The van der Waals surface area contributed by atoms with Crippen molar-refractivity contribution < 1.29 is 4.39 Å². The lowest BCUT2D eigenvalue weighted by Crippen LogP contribution is -2.35. The molecule has 0 saturated heterocycles. The van der Waals surface area contributed by atoms with Crippen LogP contribution in [0.4, 0.5) is 4.39 Å². The molecule has 1 rings (SSSR count). The topological polar surface area (TPSA) is 3.24 Å². The summed E-state index contributed by atoms with van der Waals surface area (Å²) in [6, 6.07) is 5.39. The molecule has 4 heteroatoms. The summed E-state index contributed by atoms with van der Waals surface area (Å²) in [6.07, 6.45) is 2.21. The zero-order valence-corrected chi connectivity index (χ0v) is 13.3. The Balaban J connectivity index is 2.82. The average Bonchev–Trinajstić information content (AvgIpc) is 2.34. The number of nitrogens with zero attached hydrogens (tertiary/aromatic N) is 1. The Labute approximate surface area is 122 Å². The fraction of sp³-hybridized carbons (Fsp3) is 0.571. The molecule has 18 heavy (non-hydrogen) atoms. The minimum Gasteiger partial charge on any atom is -0.295 e. The number of alkyl halides is 1. The molecule has 0 fully saturated rings. The van der Waals surface area contributed by atoms with Gasteiger partial charge in [0.1, 0.15) is 5.82 Å². The molecule has 1 aromatic rings. The van der Waals surface area contributed by atoms with Crippen LogP contribution < -0.4 is 0 Å². The van der Waals surface area contributed by atoms with Gasteiger partial charge in [0.2, 0.25) is 0 Å². The van der Waals surface area contributed by atoms with E-state index in [-0.39, 0.29) is 5.82 Å². The SMILES string of the molecule is CCC(CC)N(CCCl)Cc1ccc(F)cc1Br. The van der Waals surface area contributed by atoms with Crippen LogP contribution in [0, 0.1) is 5.82 Å². The van der Waals surface area contributed by atoms with Gasteiger partial charge in [0.25, 0.3) is 0 Å². The molecule has 0 radical (unpaired) electrons. The Bertz CT molecular complexity index is 369. The predicted octanol–water partition coefficient (Wildman–Crippen LogP) is 4.82. The fourth-order valence-corrected chi connectivity index (χ4v) is 2.87. The Morgan fingerprint density at radius 2 is 2.00 bits per heavy atom. The number of rotatable bonds is 7. The van der Waals surface area contributed by atoms with Crippen molar-refractivity contribution in [2.45, 2.75) is 39.3 Å². The predicted molar refractivity (Wildman–Crippen MR) is 79.6 cm³/mol. The summed E-state index contributed by atoms with van der Waals surface area (Å²) < 4.78 is 13.9. The van der Waals surface area contributed by atoms with Gasteiger partial charge >= 0.3 is 0 Å². The van der Waals surface area contributed by atoms with Crippen LogP contribution in [0.3, 0.4) is 0 Å². The smallest absolute Gasteiger partial charge is 0.124 e. The molecular formula is C14H20BrClFN. The van der Waals surface area contributed by atoms with Crippen LogP contribution in [0.2, 0.25) is 0 Å². The Morgan fingerprint density at radius 1 is 1.33 bits per heavy atom. The number of hydrogen-bond donors (Lipinski definition) is 0. The van der Waals surface area contributed by atoms with Gasteiger partial charge in [0, 0.05) is 29.5 Å². The molecule has 0 aliphatic carbocycles. The summed E-state index contributed by atoms with van der Waals surface area (Å²) in [5.41, 5.74) is 1.11. The van der Waals surface area contributed by atoms with Crippen LogP contribution >= 0.6 is 27.5 Å². The van der Waals surface area contributed by atoms with Crippen molar-refractivity contribution in [1.29, 1.82) is 0 Å². The highest BCUT2D eigenvalue weighted by Crippen LogP contribution is 2.22. The van der Waals surface area contributed by atoms with Crippen molar-refractivity contribution in [1.82, 2.24) is 4.90 Å². The fourth-order valence-electron chi connectivity index (χ4n) is 2.17. The van der Waals surface area contributed by atoms with E-state index >= 15 is 0 Å². The number of benzene rings is 1. The molecule has 0 spiro atoms. The van der Waals surface area contributed by atoms with E-state index < -0.39 is 0 Å². The first kappa shape index (κ1) is 15.9. The van der Waals surface area contributed by atoms with Crippen molar-refractivity contribution in [2.24, 2.45) is 0 Å². The molecular weight excluding hydrogens is 317 g/mol. The normalized spacial score (nSPS) is 11.5. The lowest BCUT2D eigenvalue weighted by atomic mass is 10.1. The first-order valence-corrected chi connectivity index (χ1v) is 7.69. The Hall–Kier alpha value is -0.120. The van der Waals surface area contributed by atoms with E-state index in [9.17, 15) is 4.39 Å². The van der Waals surface area contributed by atoms with Gasteiger partial charge in [0.15, 0.2) is 0 Å². The average molecular weight is 337 g/mol. The molecule has 0 heterocycles. The van der Waals surface area contributed by atoms with Gasteiger partial charge in [-0.1, -0.05) is 35.8 Å². The Morgan fingerprint density at radius 3 is 2.50 bits per heavy atom. The van der Waals surface area contributed by atoms with Gasteiger partial charge in [-0.15, -0.1) is 11.6 Å². The van der Waals surface area contributed by atoms with Gasteiger partial charge in [0.05, 0.1) is 0 Å². The van der Waals surface area contributed by atoms with Crippen molar-refractivity contribution in [3.63, 3.8) is 0 Å². The third-order valence-electron chi connectivity index (χ3n) is 3.22. The van der Waals surface area contributed by atoms with E-state index in [2.05, 4.69) is 34.7 Å². The van der Waals surface area contributed by atoms with Crippen LogP contribution in [-0.2, 0) is 6.54 Å². The van der Waals surface area contributed by atoms with E-state index in [1.54, 1.807) is 0 Å². The van der Waals surface area contributed by atoms with E-state index in [0.29, 0.717) is 11.9 Å². The van der Waals surface area contributed by atoms with Crippen molar-refractivity contribution >= 4 is 27.5 Å². The lowest BCUT2D eigenvalue weighted by molar-refractivity contribution is 0.188. The molecule has 0 saturated carbocycles. The summed E-state index contributed by atoms with van der Waals surface area (Å²) in [6.45, 7) is 6.04. The molecule has 0 aromatic heterocycles. The zero-order chi connectivity index (χ0) is 13.5. The molecule has 0 aliphatic heterocycles. The van der Waals surface area contributed by atoms with Gasteiger partial charge in [-0.05, 0) is 30.5 Å². The summed E-state index contributed by atoms with van der Waals surface area (Å²) >= 11 is 9.29. The largest absolute Gasteiger partial charge is 0.295 e. The van der Waals surface area contributed by atoms with Crippen molar-refractivity contribution in [2.75, 3.05) is 12.4 Å². The molecule has 0 unspecified atom stereocenters. The summed E-state index contributed by atoms with van der Waals surface area (Å²) in [5.74, 6) is 0.409. The highest BCUT2D eigenvalue weighted by Gasteiger charge is 2.16. The standard InChI is InChI=1S/C14H20BrClFN/c1-3-13(4-2)18(8-7-16)10-11-5-6-12(17)9-14(11)15/h5-6,9,13H,3-4,7-8,10H2,1-2H3. The number of halogens is 3. The lowest BCUT2D eigenvalue weighted by Gasteiger charge is -2.30. The minimum atomic E-state index is -0.211. The summed E-state index contributed by atoms with van der Waals surface area (Å²) in [7, 11) is 0. The third-order valence-corrected chi connectivity index (χ3v) is 4.13. The first-order valence-electron chi connectivity index (χ1n) is 6.36. The van der Waals surface area contributed by atoms with Crippen LogP contribution in [-0.4, -0.2) is 23.4 Å². The van der Waals surface area contributed by atoms with E-state index in [1.165, 1.54) is 12.1 Å². The quantitative estimate of drug-likeness (QED) is 0.645. The van der Waals surface area contributed by atoms with Crippen molar-refractivity contribution in [3.8, 4) is 0 Å². The molecule has 0 bridgehead atoms. The second-order valence-electron chi connectivity index (χ2n) is 4.37. The van der Waals surface area contributed by atoms with Gasteiger partial charge in [-0.2, -0.15) is 0 Å². The summed E-state index contributed by atoms with van der Waals surface area (Å²) in [4.78, 5) is 2.37. The maximum absolute atomic E-state index is 13.1. The molecule has 102 valence electrons. The molecule has 1 aromatic carbocycles.